The molecule has 0 spiro atoms. The van der Waals surface area contributed by atoms with Crippen molar-refractivity contribution in [2.24, 2.45) is 0 Å². The summed E-state index contributed by atoms with van der Waals surface area (Å²) in [5.41, 5.74) is 6.15. The molecule has 2 aromatic carbocycles. The minimum atomic E-state index is -0.0317. The summed E-state index contributed by atoms with van der Waals surface area (Å²) in [6.07, 6.45) is 1.99. The number of anilines is 1. The van der Waals surface area contributed by atoms with Gasteiger partial charge in [0, 0.05) is 16.6 Å². The maximum Gasteiger partial charge on any atom is 0.228 e. The molecule has 130 valence electrons. The lowest BCUT2D eigenvalue weighted by atomic mass is 9.86. The molecule has 0 saturated carbocycles. The van der Waals surface area contributed by atoms with Crippen LogP contribution in [0.3, 0.4) is 0 Å². The second-order valence-corrected chi connectivity index (χ2v) is 7.77. The molecule has 1 heterocycles. The van der Waals surface area contributed by atoms with Crippen LogP contribution in [0.25, 0.3) is 11.0 Å². The van der Waals surface area contributed by atoms with E-state index in [0.29, 0.717) is 6.42 Å². The van der Waals surface area contributed by atoms with Crippen molar-refractivity contribution < 1.29 is 9.21 Å². The standard InChI is InChI=1S/C22H25NO2/c1-14-6-8-19(15(2)10-14)23-21(24)11-16-13-25-20-9-7-17(12-18(16)20)22(3,4)5/h6-10,12-13H,11H2,1-5H3,(H,23,24). The molecule has 0 fully saturated rings. The number of carbonyl (C=O) groups is 1. The topological polar surface area (TPSA) is 42.2 Å². The molecule has 25 heavy (non-hydrogen) atoms. The number of carbonyl (C=O) groups excluding carboxylic acids is 1. The highest BCUT2D eigenvalue weighted by molar-refractivity contribution is 5.96. The van der Waals surface area contributed by atoms with Crippen molar-refractivity contribution >= 4 is 22.6 Å². The van der Waals surface area contributed by atoms with Crippen LogP contribution in [-0.4, -0.2) is 5.91 Å². The summed E-state index contributed by atoms with van der Waals surface area (Å²) in [4.78, 5) is 12.5. The highest BCUT2D eigenvalue weighted by Gasteiger charge is 2.17. The van der Waals surface area contributed by atoms with Crippen LogP contribution in [0.2, 0.25) is 0 Å². The van der Waals surface area contributed by atoms with E-state index in [1.807, 2.05) is 32.0 Å². The fourth-order valence-electron chi connectivity index (χ4n) is 3.01. The van der Waals surface area contributed by atoms with E-state index in [1.165, 1.54) is 11.1 Å². The van der Waals surface area contributed by atoms with Crippen molar-refractivity contribution in [2.45, 2.75) is 46.5 Å². The number of rotatable bonds is 3. The third-order valence-electron chi connectivity index (χ3n) is 4.53. The van der Waals surface area contributed by atoms with Crippen molar-refractivity contribution in [1.29, 1.82) is 0 Å². The number of fused-ring (bicyclic) bond motifs is 1. The van der Waals surface area contributed by atoms with Gasteiger partial charge in [0.15, 0.2) is 0 Å². The predicted molar refractivity (Wildman–Crippen MR) is 103 cm³/mol. The lowest BCUT2D eigenvalue weighted by molar-refractivity contribution is -0.115. The van der Waals surface area contributed by atoms with Crippen molar-refractivity contribution in [3.63, 3.8) is 0 Å². The number of furan rings is 1. The number of hydrogen-bond acceptors (Lipinski definition) is 2. The van der Waals surface area contributed by atoms with E-state index in [1.54, 1.807) is 6.26 Å². The van der Waals surface area contributed by atoms with Gasteiger partial charge in [0.25, 0.3) is 0 Å². The SMILES string of the molecule is Cc1ccc(NC(=O)Cc2coc3ccc(C(C)(C)C)cc23)c(C)c1. The third kappa shape index (κ3) is 3.76. The molecule has 0 radical (unpaired) electrons. The number of amides is 1. The fraction of sp³-hybridized carbons (Fsp3) is 0.318. The molecule has 3 aromatic rings. The zero-order valence-electron chi connectivity index (χ0n) is 15.6. The summed E-state index contributed by atoms with van der Waals surface area (Å²) in [6, 6.07) is 12.2. The summed E-state index contributed by atoms with van der Waals surface area (Å²) >= 11 is 0. The van der Waals surface area contributed by atoms with E-state index in [9.17, 15) is 4.79 Å². The predicted octanol–water partition coefficient (Wildman–Crippen LogP) is 5.53. The van der Waals surface area contributed by atoms with Gasteiger partial charge in [-0.2, -0.15) is 0 Å². The molecule has 3 rings (SSSR count). The Morgan fingerprint density at radius 1 is 1.08 bits per heavy atom. The monoisotopic (exact) mass is 335 g/mol. The molecule has 0 atom stereocenters. The Hall–Kier alpha value is -2.55. The zero-order chi connectivity index (χ0) is 18.2. The first-order valence-corrected chi connectivity index (χ1v) is 8.62. The van der Waals surface area contributed by atoms with Crippen LogP contribution in [-0.2, 0) is 16.6 Å². The Morgan fingerprint density at radius 3 is 2.52 bits per heavy atom. The van der Waals surface area contributed by atoms with Gasteiger partial charge >= 0.3 is 0 Å². The molecule has 3 nitrogen and oxygen atoms in total. The molecule has 0 unspecified atom stereocenters. The van der Waals surface area contributed by atoms with Gasteiger partial charge in [0.2, 0.25) is 5.91 Å². The largest absolute Gasteiger partial charge is 0.464 e. The summed E-state index contributed by atoms with van der Waals surface area (Å²) in [5.74, 6) is -0.0317. The molecule has 1 aromatic heterocycles. The summed E-state index contributed by atoms with van der Waals surface area (Å²) in [5, 5.41) is 4.02. The van der Waals surface area contributed by atoms with Gasteiger partial charge in [-0.05, 0) is 48.6 Å². The van der Waals surface area contributed by atoms with Crippen LogP contribution in [0.4, 0.5) is 5.69 Å². The number of nitrogens with one attached hydrogen (secondary N) is 1. The summed E-state index contributed by atoms with van der Waals surface area (Å²) < 4.78 is 5.63. The molecule has 3 heteroatoms. The summed E-state index contributed by atoms with van der Waals surface area (Å²) in [7, 11) is 0. The number of aryl methyl sites for hydroxylation is 2. The molecular weight excluding hydrogens is 310 g/mol. The van der Waals surface area contributed by atoms with E-state index >= 15 is 0 Å². The van der Waals surface area contributed by atoms with Gasteiger partial charge in [0.05, 0.1) is 12.7 Å². The Morgan fingerprint density at radius 2 is 1.84 bits per heavy atom. The van der Waals surface area contributed by atoms with Crippen molar-refractivity contribution in [3.8, 4) is 0 Å². The van der Waals surface area contributed by atoms with Gasteiger partial charge in [-0.15, -0.1) is 0 Å². The second kappa shape index (κ2) is 6.40. The average molecular weight is 335 g/mol. The van der Waals surface area contributed by atoms with Crippen LogP contribution in [0.1, 0.15) is 43.0 Å². The van der Waals surface area contributed by atoms with Gasteiger partial charge in [0.1, 0.15) is 5.58 Å². The Bertz CT molecular complexity index is 929. The molecule has 0 bridgehead atoms. The first-order chi connectivity index (χ1) is 11.7. The van der Waals surface area contributed by atoms with Gasteiger partial charge < -0.3 is 9.73 Å². The number of hydrogen-bond donors (Lipinski definition) is 1. The van der Waals surface area contributed by atoms with Crippen LogP contribution >= 0.6 is 0 Å². The zero-order valence-corrected chi connectivity index (χ0v) is 15.6. The highest BCUT2D eigenvalue weighted by atomic mass is 16.3. The first kappa shape index (κ1) is 17.3. The van der Waals surface area contributed by atoms with Crippen LogP contribution in [0.15, 0.2) is 47.1 Å². The quantitative estimate of drug-likeness (QED) is 0.684. The first-order valence-electron chi connectivity index (χ1n) is 8.62. The minimum Gasteiger partial charge on any atom is -0.464 e. The van der Waals surface area contributed by atoms with E-state index in [-0.39, 0.29) is 11.3 Å². The lowest BCUT2D eigenvalue weighted by Crippen LogP contribution is -2.15. The normalized spacial score (nSPS) is 11.7. The van der Waals surface area contributed by atoms with Gasteiger partial charge in [-0.25, -0.2) is 0 Å². The van der Waals surface area contributed by atoms with Crippen LogP contribution < -0.4 is 5.32 Å². The molecule has 1 N–H and O–H groups in total. The van der Waals surface area contributed by atoms with Crippen LogP contribution in [0.5, 0.6) is 0 Å². The summed E-state index contributed by atoms with van der Waals surface area (Å²) in [6.45, 7) is 10.6. The second-order valence-electron chi connectivity index (χ2n) is 7.77. The smallest absolute Gasteiger partial charge is 0.228 e. The van der Waals surface area contributed by atoms with Gasteiger partial charge in [-0.1, -0.05) is 44.5 Å². The highest BCUT2D eigenvalue weighted by Crippen LogP contribution is 2.29. The third-order valence-corrected chi connectivity index (χ3v) is 4.53. The Labute approximate surface area is 149 Å². The maximum atomic E-state index is 12.5. The molecule has 0 saturated heterocycles. The lowest BCUT2D eigenvalue weighted by Gasteiger charge is -2.18. The van der Waals surface area contributed by atoms with E-state index in [4.69, 9.17) is 4.42 Å². The minimum absolute atomic E-state index is 0.0317. The molecule has 0 aliphatic rings. The van der Waals surface area contributed by atoms with Crippen molar-refractivity contribution in [3.05, 3.63) is 64.9 Å². The molecule has 0 aliphatic heterocycles. The Balaban J connectivity index is 1.83. The van der Waals surface area contributed by atoms with E-state index in [0.717, 1.165) is 27.8 Å². The van der Waals surface area contributed by atoms with Crippen molar-refractivity contribution in [1.82, 2.24) is 0 Å². The van der Waals surface area contributed by atoms with E-state index < -0.39 is 0 Å². The van der Waals surface area contributed by atoms with Crippen LogP contribution in [0, 0.1) is 13.8 Å². The molecule has 0 aliphatic carbocycles. The van der Waals surface area contributed by atoms with Crippen molar-refractivity contribution in [2.75, 3.05) is 5.32 Å². The average Bonchev–Trinajstić information content (AvgIpc) is 2.91. The van der Waals surface area contributed by atoms with E-state index in [2.05, 4.69) is 44.3 Å². The molecule has 1 amide bonds. The Kier molecular flexibility index (Phi) is 4.42. The molecular formula is C22H25NO2. The maximum absolute atomic E-state index is 12.5. The fourth-order valence-corrected chi connectivity index (χ4v) is 3.01. The van der Waals surface area contributed by atoms with Gasteiger partial charge in [-0.3, -0.25) is 4.79 Å². The number of benzene rings is 2.